The average molecular weight is 364 g/mol. The van der Waals surface area contributed by atoms with E-state index in [0.29, 0.717) is 6.04 Å². The first-order chi connectivity index (χ1) is 7.97. The fraction of sp³-hybridized carbons (Fsp3) is 0.538. The van der Waals surface area contributed by atoms with Gasteiger partial charge in [0, 0.05) is 34.6 Å². The molecule has 1 aromatic carbocycles. The Morgan fingerprint density at radius 1 is 1.18 bits per heavy atom. The van der Waals surface area contributed by atoms with E-state index in [2.05, 4.69) is 81.2 Å². The molecular formula is C13H20Br2N2. The van der Waals surface area contributed by atoms with Gasteiger partial charge in [0.15, 0.2) is 0 Å². The highest BCUT2D eigenvalue weighted by molar-refractivity contribution is 9.11. The maximum atomic E-state index is 3.51. The van der Waals surface area contributed by atoms with Crippen LogP contribution < -0.4 is 5.32 Å². The predicted octanol–water partition coefficient (Wildman–Crippen LogP) is 3.64. The fourth-order valence-corrected chi connectivity index (χ4v) is 3.03. The number of halogens is 2. The van der Waals surface area contributed by atoms with Crippen molar-refractivity contribution in [2.45, 2.75) is 26.4 Å². The van der Waals surface area contributed by atoms with Gasteiger partial charge in [-0.2, -0.15) is 0 Å². The Balaban J connectivity index is 2.42. The number of hydrogen-bond acceptors (Lipinski definition) is 2. The highest BCUT2D eigenvalue weighted by Gasteiger charge is 2.03. The lowest BCUT2D eigenvalue weighted by Gasteiger charge is -2.18. The van der Waals surface area contributed by atoms with Crippen molar-refractivity contribution in [2.24, 2.45) is 0 Å². The number of likely N-dealkylation sites (N-methyl/N-ethyl adjacent to an activating group) is 1. The van der Waals surface area contributed by atoms with Crippen LogP contribution in [0.1, 0.15) is 19.4 Å². The maximum absolute atomic E-state index is 3.51. The van der Waals surface area contributed by atoms with E-state index in [1.165, 1.54) is 5.56 Å². The predicted molar refractivity (Wildman–Crippen MR) is 81.3 cm³/mol. The van der Waals surface area contributed by atoms with Crippen LogP contribution in [0, 0.1) is 0 Å². The van der Waals surface area contributed by atoms with E-state index in [4.69, 9.17) is 0 Å². The molecule has 0 spiro atoms. The summed E-state index contributed by atoms with van der Waals surface area (Å²) >= 11 is 7.03. The van der Waals surface area contributed by atoms with Crippen LogP contribution in [0.15, 0.2) is 27.1 Å². The van der Waals surface area contributed by atoms with Crippen molar-refractivity contribution in [1.29, 1.82) is 0 Å². The van der Waals surface area contributed by atoms with Crippen LogP contribution in [0.25, 0.3) is 0 Å². The smallest absolute Gasteiger partial charge is 0.0232 e. The minimum Gasteiger partial charge on any atom is -0.313 e. The zero-order valence-electron chi connectivity index (χ0n) is 10.6. The summed E-state index contributed by atoms with van der Waals surface area (Å²) in [6, 6.07) is 6.95. The van der Waals surface area contributed by atoms with E-state index >= 15 is 0 Å². The van der Waals surface area contributed by atoms with Crippen LogP contribution in [0.5, 0.6) is 0 Å². The zero-order chi connectivity index (χ0) is 12.8. The van der Waals surface area contributed by atoms with Gasteiger partial charge in [0.05, 0.1) is 0 Å². The second-order valence-electron chi connectivity index (χ2n) is 4.62. The number of rotatable bonds is 6. The van der Waals surface area contributed by atoms with Gasteiger partial charge in [0.25, 0.3) is 0 Å². The van der Waals surface area contributed by atoms with E-state index in [-0.39, 0.29) is 0 Å². The second-order valence-corrected chi connectivity index (χ2v) is 6.46. The van der Waals surface area contributed by atoms with E-state index in [1.807, 2.05) is 0 Å². The molecule has 0 fully saturated rings. The van der Waals surface area contributed by atoms with E-state index < -0.39 is 0 Å². The molecule has 1 N–H and O–H groups in total. The lowest BCUT2D eigenvalue weighted by Crippen LogP contribution is -2.32. The molecule has 0 aliphatic heterocycles. The Bertz CT molecular complexity index is 333. The molecule has 0 radical (unpaired) electrons. The topological polar surface area (TPSA) is 15.3 Å². The minimum absolute atomic E-state index is 0.559. The van der Waals surface area contributed by atoms with Gasteiger partial charge >= 0.3 is 0 Å². The first-order valence-electron chi connectivity index (χ1n) is 5.84. The van der Waals surface area contributed by atoms with Crippen LogP contribution in [-0.2, 0) is 6.54 Å². The molecule has 0 saturated heterocycles. The lowest BCUT2D eigenvalue weighted by molar-refractivity contribution is 0.320. The van der Waals surface area contributed by atoms with Crippen molar-refractivity contribution in [1.82, 2.24) is 10.2 Å². The molecule has 0 bridgehead atoms. The highest BCUT2D eigenvalue weighted by atomic mass is 79.9. The van der Waals surface area contributed by atoms with Gasteiger partial charge in [-0.1, -0.05) is 45.7 Å². The standard InChI is InChI=1S/C13H20Br2N2/c1-10(2)16-4-5-17(3)9-11-6-12(14)8-13(15)7-11/h6-8,10,16H,4-5,9H2,1-3H3. The maximum Gasteiger partial charge on any atom is 0.0232 e. The van der Waals surface area contributed by atoms with Crippen LogP contribution in [0.3, 0.4) is 0 Å². The van der Waals surface area contributed by atoms with Crippen molar-refractivity contribution in [2.75, 3.05) is 20.1 Å². The van der Waals surface area contributed by atoms with Crippen molar-refractivity contribution in [3.05, 3.63) is 32.7 Å². The summed E-state index contributed by atoms with van der Waals surface area (Å²) in [7, 11) is 2.15. The van der Waals surface area contributed by atoms with Gasteiger partial charge in [-0.25, -0.2) is 0 Å². The highest BCUT2D eigenvalue weighted by Crippen LogP contribution is 2.20. The Kier molecular flexibility index (Phi) is 6.70. The van der Waals surface area contributed by atoms with E-state index in [9.17, 15) is 0 Å². The Morgan fingerprint density at radius 2 is 1.76 bits per heavy atom. The van der Waals surface area contributed by atoms with Gasteiger partial charge < -0.3 is 10.2 Å². The van der Waals surface area contributed by atoms with E-state index in [0.717, 1.165) is 28.6 Å². The molecule has 96 valence electrons. The molecule has 1 aromatic rings. The molecule has 4 heteroatoms. The monoisotopic (exact) mass is 362 g/mol. The Hall–Kier alpha value is 0.1000. The minimum atomic E-state index is 0.559. The van der Waals surface area contributed by atoms with Crippen LogP contribution in [-0.4, -0.2) is 31.1 Å². The fourth-order valence-electron chi connectivity index (χ4n) is 1.64. The van der Waals surface area contributed by atoms with Gasteiger partial charge in [-0.15, -0.1) is 0 Å². The molecule has 0 saturated carbocycles. The number of benzene rings is 1. The molecule has 0 aliphatic rings. The average Bonchev–Trinajstić information content (AvgIpc) is 2.14. The summed E-state index contributed by atoms with van der Waals surface area (Å²) in [5.74, 6) is 0. The summed E-state index contributed by atoms with van der Waals surface area (Å²) in [4.78, 5) is 2.32. The normalized spacial score (nSPS) is 11.5. The summed E-state index contributed by atoms with van der Waals surface area (Å²) < 4.78 is 2.24. The van der Waals surface area contributed by atoms with Crippen molar-refractivity contribution in [3.8, 4) is 0 Å². The third kappa shape index (κ3) is 6.55. The summed E-state index contributed by atoms with van der Waals surface area (Å²) in [5, 5.41) is 3.42. The largest absolute Gasteiger partial charge is 0.313 e. The van der Waals surface area contributed by atoms with Gasteiger partial charge in [-0.3, -0.25) is 0 Å². The second kappa shape index (κ2) is 7.52. The molecule has 2 nitrogen and oxygen atoms in total. The summed E-state index contributed by atoms with van der Waals surface area (Å²) in [5.41, 5.74) is 1.32. The first-order valence-corrected chi connectivity index (χ1v) is 7.43. The molecule has 0 atom stereocenters. The van der Waals surface area contributed by atoms with Gasteiger partial charge in [0.2, 0.25) is 0 Å². The van der Waals surface area contributed by atoms with Crippen LogP contribution >= 0.6 is 31.9 Å². The van der Waals surface area contributed by atoms with Crippen molar-refractivity contribution >= 4 is 31.9 Å². The zero-order valence-corrected chi connectivity index (χ0v) is 13.8. The Morgan fingerprint density at radius 3 is 2.29 bits per heavy atom. The third-order valence-electron chi connectivity index (χ3n) is 2.42. The van der Waals surface area contributed by atoms with Crippen molar-refractivity contribution in [3.63, 3.8) is 0 Å². The number of nitrogens with zero attached hydrogens (tertiary/aromatic N) is 1. The molecule has 0 amide bonds. The van der Waals surface area contributed by atoms with Gasteiger partial charge in [-0.05, 0) is 30.8 Å². The van der Waals surface area contributed by atoms with Crippen LogP contribution in [0.4, 0.5) is 0 Å². The summed E-state index contributed by atoms with van der Waals surface area (Å²) in [6.45, 7) is 7.40. The van der Waals surface area contributed by atoms with Gasteiger partial charge in [0.1, 0.15) is 0 Å². The molecule has 0 aromatic heterocycles. The molecule has 1 rings (SSSR count). The van der Waals surface area contributed by atoms with Crippen LogP contribution in [0.2, 0.25) is 0 Å². The molecule has 17 heavy (non-hydrogen) atoms. The Labute approximate surface area is 121 Å². The SMILES string of the molecule is CC(C)NCCN(C)Cc1cc(Br)cc(Br)c1. The molecular weight excluding hydrogens is 344 g/mol. The molecule has 0 aliphatic carbocycles. The molecule has 0 unspecified atom stereocenters. The number of nitrogens with one attached hydrogen (secondary N) is 1. The number of hydrogen-bond donors (Lipinski definition) is 1. The lowest BCUT2D eigenvalue weighted by atomic mass is 10.2. The molecule has 0 heterocycles. The third-order valence-corrected chi connectivity index (χ3v) is 3.34. The van der Waals surface area contributed by atoms with Crippen molar-refractivity contribution < 1.29 is 0 Å². The summed E-state index contributed by atoms with van der Waals surface area (Å²) in [6.07, 6.45) is 0. The van der Waals surface area contributed by atoms with E-state index in [1.54, 1.807) is 0 Å². The first kappa shape index (κ1) is 15.2. The quantitative estimate of drug-likeness (QED) is 0.829.